The van der Waals surface area contributed by atoms with Crippen LogP contribution < -0.4 is 0 Å². The number of ether oxygens (including phenoxy) is 1. The van der Waals surface area contributed by atoms with Gasteiger partial charge in [0.2, 0.25) is 5.91 Å². The van der Waals surface area contributed by atoms with E-state index < -0.39 is 12.0 Å². The monoisotopic (exact) mass is 213 g/mol. The van der Waals surface area contributed by atoms with Crippen molar-refractivity contribution in [2.24, 2.45) is 0 Å². The summed E-state index contributed by atoms with van der Waals surface area (Å²) in [5, 5.41) is 8.43. The van der Waals surface area contributed by atoms with E-state index >= 15 is 0 Å². The summed E-state index contributed by atoms with van der Waals surface area (Å²) in [4.78, 5) is 34.4. The van der Waals surface area contributed by atoms with Crippen molar-refractivity contribution in [3.8, 4) is 0 Å². The first-order valence-corrected chi connectivity index (χ1v) is 4.79. The number of aliphatic carboxylic acids is 1. The maximum atomic E-state index is 11.5. The number of morpholine rings is 1. The Kier molecular flexibility index (Phi) is 2.34. The van der Waals surface area contributed by atoms with Crippen LogP contribution in [-0.4, -0.2) is 46.5 Å². The van der Waals surface area contributed by atoms with Crippen LogP contribution in [0, 0.1) is 0 Å². The molecule has 0 aliphatic carbocycles. The van der Waals surface area contributed by atoms with E-state index in [4.69, 9.17) is 9.84 Å². The Hall–Kier alpha value is -1.59. The van der Waals surface area contributed by atoms with Crippen LogP contribution in [0.15, 0.2) is 0 Å². The molecule has 2 atom stereocenters. The Morgan fingerprint density at radius 2 is 2.20 bits per heavy atom. The van der Waals surface area contributed by atoms with Gasteiger partial charge in [-0.1, -0.05) is 0 Å². The summed E-state index contributed by atoms with van der Waals surface area (Å²) >= 11 is 0. The third kappa shape index (κ3) is 1.79. The van der Waals surface area contributed by atoms with E-state index in [2.05, 4.69) is 0 Å². The van der Waals surface area contributed by atoms with Gasteiger partial charge in [0.1, 0.15) is 12.1 Å². The summed E-state index contributed by atoms with van der Waals surface area (Å²) in [6.45, 7) is 0.412. The largest absolute Gasteiger partial charge is 0.481 e. The number of hydrogen-bond donors (Lipinski definition) is 1. The second-order valence-electron chi connectivity index (χ2n) is 3.75. The molecule has 6 heteroatoms. The van der Waals surface area contributed by atoms with Crippen LogP contribution in [0.4, 0.5) is 0 Å². The lowest BCUT2D eigenvalue weighted by Gasteiger charge is -2.25. The van der Waals surface area contributed by atoms with E-state index in [0.717, 1.165) is 0 Å². The minimum Gasteiger partial charge on any atom is -0.481 e. The van der Waals surface area contributed by atoms with Gasteiger partial charge in [-0.2, -0.15) is 0 Å². The van der Waals surface area contributed by atoms with Crippen molar-refractivity contribution in [2.45, 2.75) is 31.4 Å². The third-order valence-corrected chi connectivity index (χ3v) is 2.69. The molecular formula is C9H11NO5. The fourth-order valence-corrected chi connectivity index (χ4v) is 1.98. The average molecular weight is 213 g/mol. The van der Waals surface area contributed by atoms with Gasteiger partial charge in [0.05, 0.1) is 13.0 Å². The number of fused-ring (bicyclic) bond motifs is 2. The van der Waals surface area contributed by atoms with Crippen molar-refractivity contribution in [1.29, 1.82) is 0 Å². The van der Waals surface area contributed by atoms with Crippen molar-refractivity contribution >= 4 is 17.8 Å². The van der Waals surface area contributed by atoms with E-state index in [9.17, 15) is 14.4 Å². The smallest absolute Gasteiger partial charge is 0.329 e. The quantitative estimate of drug-likeness (QED) is 0.631. The number of carbonyl (C=O) groups is 3. The molecule has 2 rings (SSSR count). The number of esters is 1. The number of carboxylic acid groups (broad SMARTS) is 1. The zero-order valence-electron chi connectivity index (χ0n) is 8.01. The van der Waals surface area contributed by atoms with Gasteiger partial charge in [0.25, 0.3) is 0 Å². The van der Waals surface area contributed by atoms with Gasteiger partial charge in [-0.05, 0) is 0 Å². The topological polar surface area (TPSA) is 83.9 Å². The number of amides is 1. The summed E-state index contributed by atoms with van der Waals surface area (Å²) in [7, 11) is 0. The van der Waals surface area contributed by atoms with Gasteiger partial charge in [0, 0.05) is 12.8 Å². The van der Waals surface area contributed by atoms with Crippen LogP contribution in [0.2, 0.25) is 0 Å². The van der Waals surface area contributed by atoms with E-state index in [-0.39, 0.29) is 30.8 Å². The van der Waals surface area contributed by atoms with Crippen molar-refractivity contribution < 1.29 is 24.2 Å². The highest BCUT2D eigenvalue weighted by Gasteiger charge is 2.48. The van der Waals surface area contributed by atoms with Gasteiger partial charge >= 0.3 is 11.9 Å². The van der Waals surface area contributed by atoms with E-state index in [1.807, 2.05) is 0 Å². The normalized spacial score (nSPS) is 28.0. The Labute approximate surface area is 85.8 Å². The fourth-order valence-electron chi connectivity index (χ4n) is 1.98. The zero-order valence-corrected chi connectivity index (χ0v) is 8.01. The van der Waals surface area contributed by atoms with E-state index in [0.29, 0.717) is 13.0 Å². The van der Waals surface area contributed by atoms with Crippen molar-refractivity contribution in [2.75, 3.05) is 6.54 Å². The van der Waals surface area contributed by atoms with Crippen LogP contribution >= 0.6 is 0 Å². The molecule has 6 nitrogen and oxygen atoms in total. The molecule has 0 spiro atoms. The van der Waals surface area contributed by atoms with Crippen LogP contribution in [0.1, 0.15) is 19.3 Å². The number of rotatable bonds is 3. The molecule has 2 heterocycles. The van der Waals surface area contributed by atoms with E-state index in [1.54, 1.807) is 0 Å². The summed E-state index contributed by atoms with van der Waals surface area (Å²) in [5.74, 6) is -1.65. The number of carbonyl (C=O) groups excluding carboxylic acids is 2. The first-order valence-electron chi connectivity index (χ1n) is 4.79. The molecule has 1 amide bonds. The number of hydrogen-bond acceptors (Lipinski definition) is 4. The SMILES string of the molecule is O=C(O)CCC(=O)N1C[C@@H]2C[C@H]1C(=O)O2. The van der Waals surface area contributed by atoms with Gasteiger partial charge in [-0.15, -0.1) is 0 Å². The van der Waals surface area contributed by atoms with E-state index in [1.165, 1.54) is 4.90 Å². The highest BCUT2D eigenvalue weighted by Crippen LogP contribution is 2.29. The van der Waals surface area contributed by atoms with Crippen molar-refractivity contribution in [1.82, 2.24) is 4.90 Å². The molecule has 2 bridgehead atoms. The predicted molar refractivity (Wildman–Crippen MR) is 46.9 cm³/mol. The summed E-state index contributed by atoms with van der Waals surface area (Å²) in [5.41, 5.74) is 0. The first-order chi connectivity index (χ1) is 7.08. The molecule has 0 aromatic rings. The first kappa shape index (κ1) is 9.95. The molecule has 1 N–H and O–H groups in total. The molecule has 15 heavy (non-hydrogen) atoms. The Bertz CT molecular complexity index is 326. The van der Waals surface area contributed by atoms with Crippen molar-refractivity contribution in [3.05, 3.63) is 0 Å². The molecule has 0 saturated carbocycles. The molecule has 2 aliphatic heterocycles. The van der Waals surface area contributed by atoms with Gasteiger partial charge < -0.3 is 14.7 Å². The minimum absolute atomic E-state index is 0.0498. The number of carboxylic acids is 1. The van der Waals surface area contributed by atoms with Crippen LogP contribution in [0.5, 0.6) is 0 Å². The molecule has 2 fully saturated rings. The van der Waals surface area contributed by atoms with Crippen molar-refractivity contribution in [3.63, 3.8) is 0 Å². The lowest BCUT2D eigenvalue weighted by molar-refractivity contribution is -0.157. The van der Waals surface area contributed by atoms with Crippen LogP contribution in [0.3, 0.4) is 0 Å². The third-order valence-electron chi connectivity index (χ3n) is 2.69. The van der Waals surface area contributed by atoms with Gasteiger partial charge in [-0.3, -0.25) is 9.59 Å². The lowest BCUT2D eigenvalue weighted by atomic mass is 10.2. The molecule has 2 saturated heterocycles. The second-order valence-corrected chi connectivity index (χ2v) is 3.75. The maximum absolute atomic E-state index is 11.5. The van der Waals surface area contributed by atoms with Gasteiger partial charge in [-0.25, -0.2) is 4.79 Å². The lowest BCUT2D eigenvalue weighted by Crippen LogP contribution is -2.44. The highest BCUT2D eigenvalue weighted by molar-refractivity contribution is 5.88. The predicted octanol–water partition coefficient (Wildman–Crippen LogP) is -0.623. The number of likely N-dealkylation sites (tertiary alicyclic amines) is 1. The summed E-state index contributed by atoms with van der Waals surface area (Å²) in [6, 6.07) is -0.476. The Morgan fingerprint density at radius 1 is 1.47 bits per heavy atom. The zero-order chi connectivity index (χ0) is 11.0. The molecule has 0 radical (unpaired) electrons. The number of nitrogens with zero attached hydrogens (tertiary/aromatic N) is 1. The fraction of sp³-hybridized carbons (Fsp3) is 0.667. The van der Waals surface area contributed by atoms with Gasteiger partial charge in [0.15, 0.2) is 0 Å². The Balaban J connectivity index is 1.92. The van der Waals surface area contributed by atoms with Crippen LogP contribution in [0.25, 0.3) is 0 Å². The summed E-state index contributed by atoms with van der Waals surface area (Å²) < 4.78 is 4.92. The van der Waals surface area contributed by atoms with Crippen LogP contribution in [-0.2, 0) is 19.1 Å². The Morgan fingerprint density at radius 3 is 2.73 bits per heavy atom. The molecule has 0 aromatic carbocycles. The molecular weight excluding hydrogens is 202 g/mol. The highest BCUT2D eigenvalue weighted by atomic mass is 16.6. The summed E-state index contributed by atoms with van der Waals surface area (Å²) in [6.07, 6.45) is 0.127. The second kappa shape index (κ2) is 3.52. The molecule has 82 valence electrons. The molecule has 0 unspecified atom stereocenters. The molecule has 0 aromatic heterocycles. The standard InChI is InChI=1S/C9H11NO5/c11-7(1-2-8(12)13)10-4-5-3-6(10)9(14)15-5/h5-6H,1-4H2,(H,12,13)/t5-,6-/m0/s1. The maximum Gasteiger partial charge on any atom is 0.329 e. The minimum atomic E-state index is -1.00. The molecule has 2 aliphatic rings. The average Bonchev–Trinajstić information content (AvgIpc) is 2.72.